The lowest BCUT2D eigenvalue weighted by Crippen LogP contribution is -2.26. The maximum atomic E-state index is 10.0. The molecule has 0 fully saturated rings. The predicted octanol–water partition coefficient (Wildman–Crippen LogP) is 2.69. The Labute approximate surface area is 118 Å². The molecule has 3 heteroatoms. The molecule has 20 heavy (non-hydrogen) atoms. The van der Waals surface area contributed by atoms with Gasteiger partial charge < -0.3 is 9.59 Å². The van der Waals surface area contributed by atoms with Crippen LogP contribution in [0.15, 0.2) is 48.7 Å². The monoisotopic (exact) mass is 261 g/mol. The van der Waals surface area contributed by atoms with Crippen LogP contribution in [0.1, 0.15) is 11.1 Å². The Morgan fingerprint density at radius 3 is 2.90 bits per heavy atom. The van der Waals surface area contributed by atoms with Crippen molar-refractivity contribution < 1.29 is 5.02 Å². The van der Waals surface area contributed by atoms with E-state index in [1.165, 1.54) is 22.0 Å². The van der Waals surface area contributed by atoms with E-state index in [9.17, 15) is 5.02 Å². The van der Waals surface area contributed by atoms with E-state index in [2.05, 4.69) is 60.2 Å². The van der Waals surface area contributed by atoms with E-state index in [0.29, 0.717) is 0 Å². The SMILES string of the molecule is Cc1ccc2c(ccn2-c2ccc3c(c2)B(O)CC3)c1. The van der Waals surface area contributed by atoms with Crippen LogP contribution in [0, 0.1) is 6.92 Å². The number of aromatic nitrogens is 1. The van der Waals surface area contributed by atoms with Crippen LogP contribution < -0.4 is 5.46 Å². The van der Waals surface area contributed by atoms with Gasteiger partial charge in [-0.15, -0.1) is 0 Å². The van der Waals surface area contributed by atoms with Gasteiger partial charge in [0, 0.05) is 17.3 Å². The molecule has 0 spiro atoms. The molecule has 1 aliphatic rings. The lowest BCUT2D eigenvalue weighted by molar-refractivity contribution is 0.587. The fourth-order valence-corrected chi connectivity index (χ4v) is 3.20. The smallest absolute Gasteiger partial charge is 0.324 e. The van der Waals surface area contributed by atoms with Crippen LogP contribution in [0.25, 0.3) is 16.6 Å². The summed E-state index contributed by atoms with van der Waals surface area (Å²) in [6.45, 7) is 1.82. The second kappa shape index (κ2) is 4.25. The summed E-state index contributed by atoms with van der Waals surface area (Å²) in [4.78, 5) is 0. The molecule has 2 aromatic carbocycles. The summed E-state index contributed by atoms with van der Waals surface area (Å²) in [6.07, 6.45) is 3.94. The van der Waals surface area contributed by atoms with Crippen LogP contribution in [-0.2, 0) is 6.42 Å². The largest absolute Gasteiger partial charge is 0.446 e. The van der Waals surface area contributed by atoms with Gasteiger partial charge >= 0.3 is 6.92 Å². The Morgan fingerprint density at radius 2 is 2.00 bits per heavy atom. The molecule has 1 aromatic heterocycles. The third-order valence-electron chi connectivity index (χ3n) is 4.30. The maximum absolute atomic E-state index is 10.0. The number of hydrogen-bond acceptors (Lipinski definition) is 1. The molecule has 0 unspecified atom stereocenters. The maximum Gasteiger partial charge on any atom is 0.324 e. The van der Waals surface area contributed by atoms with Gasteiger partial charge in [-0.05, 0) is 55.5 Å². The molecule has 3 aromatic rings. The summed E-state index contributed by atoms with van der Waals surface area (Å²) >= 11 is 0. The van der Waals surface area contributed by atoms with Crippen LogP contribution in [0.4, 0.5) is 0 Å². The number of nitrogens with zero attached hydrogens (tertiary/aromatic N) is 1. The van der Waals surface area contributed by atoms with Crippen molar-refractivity contribution in [1.29, 1.82) is 0 Å². The van der Waals surface area contributed by atoms with Crippen LogP contribution >= 0.6 is 0 Å². The van der Waals surface area contributed by atoms with Gasteiger partial charge in [0.05, 0.1) is 5.52 Å². The van der Waals surface area contributed by atoms with Crippen molar-refractivity contribution in [3.63, 3.8) is 0 Å². The summed E-state index contributed by atoms with van der Waals surface area (Å²) in [7, 11) is 0. The normalized spacial score (nSPS) is 14.0. The van der Waals surface area contributed by atoms with Crippen molar-refractivity contribution in [2.45, 2.75) is 19.7 Å². The minimum atomic E-state index is -0.297. The molecule has 1 aliphatic heterocycles. The average molecular weight is 261 g/mol. The van der Waals surface area contributed by atoms with Gasteiger partial charge in [0.1, 0.15) is 0 Å². The Morgan fingerprint density at radius 1 is 1.10 bits per heavy atom. The molecule has 4 rings (SSSR count). The van der Waals surface area contributed by atoms with Crippen molar-refractivity contribution in [2.75, 3.05) is 0 Å². The van der Waals surface area contributed by atoms with E-state index in [-0.39, 0.29) is 6.92 Å². The van der Waals surface area contributed by atoms with Crippen molar-refractivity contribution in [2.24, 2.45) is 0 Å². The van der Waals surface area contributed by atoms with Crippen LogP contribution in [-0.4, -0.2) is 16.5 Å². The Bertz CT molecular complexity index is 806. The highest BCUT2D eigenvalue weighted by Gasteiger charge is 2.25. The van der Waals surface area contributed by atoms with E-state index in [1.54, 1.807) is 0 Å². The summed E-state index contributed by atoms with van der Waals surface area (Å²) in [5.74, 6) is 0. The van der Waals surface area contributed by atoms with E-state index >= 15 is 0 Å². The molecule has 0 atom stereocenters. The molecule has 1 N–H and O–H groups in total. The zero-order valence-electron chi connectivity index (χ0n) is 11.5. The van der Waals surface area contributed by atoms with E-state index in [4.69, 9.17) is 0 Å². The first-order valence-electron chi connectivity index (χ1n) is 7.11. The van der Waals surface area contributed by atoms with Crippen molar-refractivity contribution >= 4 is 23.3 Å². The molecule has 0 aliphatic carbocycles. The molecule has 2 heterocycles. The Balaban J connectivity index is 1.89. The molecule has 0 amide bonds. The molecular formula is C17H16BNO. The van der Waals surface area contributed by atoms with Crippen molar-refractivity contribution in [3.8, 4) is 5.69 Å². The van der Waals surface area contributed by atoms with E-state index < -0.39 is 0 Å². The van der Waals surface area contributed by atoms with Gasteiger partial charge in [-0.1, -0.05) is 23.3 Å². The zero-order chi connectivity index (χ0) is 13.7. The lowest BCUT2D eigenvalue weighted by atomic mass is 9.63. The second-order valence-electron chi connectivity index (χ2n) is 5.69. The van der Waals surface area contributed by atoms with Gasteiger partial charge in [0.2, 0.25) is 0 Å². The lowest BCUT2D eigenvalue weighted by Gasteiger charge is -2.09. The molecule has 0 radical (unpaired) electrons. The minimum Gasteiger partial charge on any atom is -0.446 e. The highest BCUT2D eigenvalue weighted by molar-refractivity contribution is 6.68. The first-order chi connectivity index (χ1) is 9.72. The van der Waals surface area contributed by atoms with Gasteiger partial charge in [0.25, 0.3) is 0 Å². The molecule has 0 saturated carbocycles. The number of aryl methyl sites for hydroxylation is 2. The summed E-state index contributed by atoms with van der Waals surface area (Å²) in [5, 5.41) is 11.3. The average Bonchev–Trinajstić information content (AvgIpc) is 3.02. The van der Waals surface area contributed by atoms with Crippen LogP contribution in [0.3, 0.4) is 0 Å². The van der Waals surface area contributed by atoms with Gasteiger partial charge in [-0.3, -0.25) is 0 Å². The summed E-state index contributed by atoms with van der Waals surface area (Å²) in [5.41, 5.74) is 6.00. The number of fused-ring (bicyclic) bond motifs is 2. The third kappa shape index (κ3) is 1.70. The standard InChI is InChI=1S/C17H16BNO/c1-12-2-5-17-14(10-12)7-9-19(17)15-4-3-13-6-8-18(20)16(13)11-15/h2-5,7,9-11,20H,6,8H2,1H3. The van der Waals surface area contributed by atoms with Gasteiger partial charge in [0.15, 0.2) is 0 Å². The van der Waals surface area contributed by atoms with Gasteiger partial charge in [-0.2, -0.15) is 0 Å². The summed E-state index contributed by atoms with van der Waals surface area (Å²) < 4.78 is 2.19. The second-order valence-corrected chi connectivity index (χ2v) is 5.69. The minimum absolute atomic E-state index is 0.297. The highest BCUT2D eigenvalue weighted by atomic mass is 16.2. The first kappa shape index (κ1) is 11.8. The van der Waals surface area contributed by atoms with E-state index in [1.807, 2.05) is 0 Å². The number of rotatable bonds is 1. The fraction of sp³-hybridized carbons (Fsp3) is 0.176. The van der Waals surface area contributed by atoms with Crippen LogP contribution in [0.5, 0.6) is 0 Å². The third-order valence-corrected chi connectivity index (χ3v) is 4.30. The summed E-state index contributed by atoms with van der Waals surface area (Å²) in [6, 6.07) is 15.1. The van der Waals surface area contributed by atoms with Crippen LogP contribution in [0.2, 0.25) is 6.32 Å². The van der Waals surface area contributed by atoms with Crippen molar-refractivity contribution in [3.05, 3.63) is 59.8 Å². The Kier molecular flexibility index (Phi) is 2.51. The highest BCUT2D eigenvalue weighted by Crippen LogP contribution is 2.23. The quantitative estimate of drug-likeness (QED) is 0.669. The zero-order valence-corrected chi connectivity index (χ0v) is 11.5. The van der Waals surface area contributed by atoms with Gasteiger partial charge in [-0.25, -0.2) is 0 Å². The molecule has 2 nitrogen and oxygen atoms in total. The van der Waals surface area contributed by atoms with Crippen molar-refractivity contribution in [1.82, 2.24) is 4.57 Å². The molecule has 98 valence electrons. The van der Waals surface area contributed by atoms with E-state index in [0.717, 1.165) is 23.9 Å². The fourth-order valence-electron chi connectivity index (χ4n) is 3.20. The molecular weight excluding hydrogens is 245 g/mol. The molecule has 0 bridgehead atoms. The predicted molar refractivity (Wildman–Crippen MR) is 84.1 cm³/mol. The Hall–Kier alpha value is -2.00. The first-order valence-corrected chi connectivity index (χ1v) is 7.11. The number of hydrogen-bond donors (Lipinski definition) is 1. The number of benzene rings is 2. The topological polar surface area (TPSA) is 25.2 Å². The molecule has 0 saturated heterocycles.